The van der Waals surface area contributed by atoms with E-state index in [1.807, 2.05) is 0 Å². The number of aromatic hydroxyl groups is 2. The lowest BCUT2D eigenvalue weighted by Gasteiger charge is -2.25. The van der Waals surface area contributed by atoms with Crippen molar-refractivity contribution in [3.8, 4) is 22.6 Å². The second kappa shape index (κ2) is 31.4. The summed E-state index contributed by atoms with van der Waals surface area (Å²) in [4.78, 5) is 87.7. The molecule has 0 fully saturated rings. The van der Waals surface area contributed by atoms with E-state index in [0.717, 1.165) is 0 Å². The largest absolute Gasteiger partial charge is 0.508 e. The molecule has 0 saturated heterocycles. The summed E-state index contributed by atoms with van der Waals surface area (Å²) in [6.45, 7) is 0.176. The van der Waals surface area contributed by atoms with Gasteiger partial charge in [0.2, 0.25) is 23.6 Å². The van der Waals surface area contributed by atoms with Crippen LogP contribution >= 0.6 is 0 Å². The number of halogens is 12. The van der Waals surface area contributed by atoms with Crippen LogP contribution in [-0.4, -0.2) is 164 Å². The molecule has 0 aromatic heterocycles. The Morgan fingerprint density at radius 3 is 1.38 bits per heavy atom. The van der Waals surface area contributed by atoms with Gasteiger partial charge in [-0.05, 0) is 85.3 Å². The Kier molecular flexibility index (Phi) is 29.2. The maximum Gasteiger partial charge on any atom is 0.490 e. The molecule has 420 valence electrons. The molecule has 1 aliphatic heterocycles. The van der Waals surface area contributed by atoms with Crippen molar-refractivity contribution in [3.05, 3.63) is 47.5 Å². The summed E-state index contributed by atoms with van der Waals surface area (Å²) in [5.74, 6) is -13.7. The van der Waals surface area contributed by atoms with Crippen molar-refractivity contribution in [2.45, 2.75) is 93.5 Å². The van der Waals surface area contributed by atoms with E-state index in [1.54, 1.807) is 24.3 Å². The SMILES string of the molecule is NCCC[C@@H]1NC(=O)[C@@H](N)Cc2cc(ccc2O)-c2ccc(O)c(c2)C[C@@H](C(=O)NCC(O)CNC(=O)[C@@H](N)CCCN)NC1=O.O=C(O)C(F)(F)F.O=C(O)C(F)(F)F.O=C(O)C(F)(F)F.O=C(O)C(F)(F)F. The first-order chi connectivity index (χ1) is 33.7. The number of carbonyl (C=O) groups excluding carboxylic acids is 4. The van der Waals surface area contributed by atoms with E-state index in [-0.39, 0.29) is 50.4 Å². The lowest BCUT2D eigenvalue weighted by atomic mass is 9.95. The molecule has 1 heterocycles. The zero-order valence-corrected chi connectivity index (χ0v) is 37.7. The minimum absolute atomic E-state index is 0.0187. The molecule has 0 radical (unpaired) electrons. The van der Waals surface area contributed by atoms with Crippen LogP contribution in [0.15, 0.2) is 36.4 Å². The van der Waals surface area contributed by atoms with Gasteiger partial charge in [0, 0.05) is 25.9 Å². The smallest absolute Gasteiger partial charge is 0.490 e. The van der Waals surface area contributed by atoms with Crippen LogP contribution in [0.25, 0.3) is 11.1 Å². The van der Waals surface area contributed by atoms with Gasteiger partial charge in [0.05, 0.1) is 18.2 Å². The van der Waals surface area contributed by atoms with Crippen molar-refractivity contribution in [1.82, 2.24) is 21.3 Å². The number of nitrogens with two attached hydrogens (primary N) is 4. The number of amides is 4. The minimum Gasteiger partial charge on any atom is -0.508 e. The van der Waals surface area contributed by atoms with Gasteiger partial charge < -0.3 is 79.9 Å². The number of carbonyl (C=O) groups is 8. The first-order valence-corrected chi connectivity index (χ1v) is 20.3. The van der Waals surface area contributed by atoms with E-state index in [0.29, 0.717) is 48.1 Å². The fourth-order valence-corrected chi connectivity index (χ4v) is 4.99. The highest BCUT2D eigenvalue weighted by Gasteiger charge is 2.40. The number of aliphatic hydroxyl groups excluding tert-OH is 1. The van der Waals surface area contributed by atoms with Gasteiger partial charge in [-0.1, -0.05) is 12.1 Å². The Labute approximate surface area is 408 Å². The van der Waals surface area contributed by atoms with E-state index >= 15 is 0 Å². The molecule has 5 atom stereocenters. The fourth-order valence-electron chi connectivity index (χ4n) is 4.99. The van der Waals surface area contributed by atoms with E-state index in [4.69, 9.17) is 62.5 Å². The molecule has 4 amide bonds. The molecule has 74 heavy (non-hydrogen) atoms. The molecule has 2 aromatic rings. The van der Waals surface area contributed by atoms with E-state index in [1.165, 1.54) is 12.1 Å². The Morgan fingerprint density at radius 1 is 0.622 bits per heavy atom. The van der Waals surface area contributed by atoms with Gasteiger partial charge in [-0.25, -0.2) is 19.2 Å². The first-order valence-electron chi connectivity index (χ1n) is 20.3. The number of alkyl halides is 12. The number of phenols is 2. The third-order valence-electron chi connectivity index (χ3n) is 8.71. The molecule has 23 nitrogen and oxygen atoms in total. The summed E-state index contributed by atoms with van der Waals surface area (Å²) in [6, 6.07) is 5.37. The maximum absolute atomic E-state index is 13.5. The molecule has 3 rings (SSSR count). The lowest BCUT2D eigenvalue weighted by Crippen LogP contribution is -2.57. The second-order valence-corrected chi connectivity index (χ2v) is 14.6. The van der Waals surface area contributed by atoms with Crippen LogP contribution in [-0.2, 0) is 51.2 Å². The van der Waals surface area contributed by atoms with Crippen molar-refractivity contribution < 1.29 is 127 Å². The summed E-state index contributed by atoms with van der Waals surface area (Å²) in [5.41, 5.74) is 25.1. The Balaban J connectivity index is 0. The topological polar surface area (TPSA) is 430 Å². The number of aliphatic hydroxyl groups is 1. The molecule has 0 aliphatic carbocycles. The van der Waals surface area contributed by atoms with Crippen LogP contribution in [0.1, 0.15) is 36.8 Å². The fraction of sp³-hybridized carbons (Fsp3) is 0.487. The van der Waals surface area contributed by atoms with Crippen LogP contribution in [0.2, 0.25) is 0 Å². The number of hydrogen-bond acceptors (Lipinski definition) is 15. The number of nitrogens with one attached hydrogen (secondary N) is 4. The first kappa shape index (κ1) is 68.8. The van der Waals surface area contributed by atoms with E-state index in [2.05, 4.69) is 21.3 Å². The number of carboxylic acids is 4. The average Bonchev–Trinajstić information content (AvgIpc) is 3.28. The van der Waals surface area contributed by atoms with Crippen LogP contribution in [0.3, 0.4) is 0 Å². The van der Waals surface area contributed by atoms with Gasteiger partial charge in [0.25, 0.3) is 0 Å². The predicted octanol–water partition coefficient (Wildman–Crippen LogP) is 0.0919. The number of fused-ring (bicyclic) bond motifs is 5. The molecule has 2 aromatic carbocycles. The standard InChI is InChI=1S/C31H46N8O7.4C2HF3O2/c32-9-1-3-22(34)28(43)36-15-21(40)16-37-30(45)25-14-20-12-18(6-8-27(20)42)17-5-7-26(41)19(11-17)13-23(35)29(44)38-24(4-2-10-33)31(46)39-25;4*3-2(4,5)1(6)7/h5-8,11-12,21-25,40-42H,1-4,9-10,13-16,32-35H2,(H,36,43)(H,37,45)(H,38,44)(H,39,46);4*(H,6,7)/t21?,22-,23-,24-,25-;;;;/m0..../s1. The van der Waals surface area contributed by atoms with Crippen molar-refractivity contribution in [2.24, 2.45) is 22.9 Å². The monoisotopic (exact) mass is 1100 g/mol. The highest BCUT2D eigenvalue weighted by Crippen LogP contribution is 2.31. The van der Waals surface area contributed by atoms with Crippen LogP contribution < -0.4 is 44.2 Å². The molecule has 4 bridgehead atoms. The summed E-state index contributed by atoms with van der Waals surface area (Å²) in [7, 11) is 0. The molecular formula is C39H50F12N8O15. The van der Waals surface area contributed by atoms with Crippen molar-refractivity contribution in [1.29, 1.82) is 0 Å². The zero-order chi connectivity index (χ0) is 58.1. The van der Waals surface area contributed by atoms with Gasteiger partial charge in [-0.2, -0.15) is 52.7 Å². The summed E-state index contributed by atoms with van der Waals surface area (Å²) in [5, 5.41) is 70.5. The van der Waals surface area contributed by atoms with E-state index < -0.39 is 102 Å². The molecule has 0 saturated carbocycles. The third kappa shape index (κ3) is 28.1. The summed E-state index contributed by atoms with van der Waals surface area (Å²) >= 11 is 0. The minimum atomic E-state index is -5.08. The highest BCUT2D eigenvalue weighted by atomic mass is 19.4. The van der Waals surface area contributed by atoms with Crippen molar-refractivity contribution in [2.75, 3.05) is 26.2 Å². The van der Waals surface area contributed by atoms with Gasteiger partial charge >= 0.3 is 48.6 Å². The molecule has 0 spiro atoms. The quantitative estimate of drug-likeness (QED) is 0.125. The van der Waals surface area contributed by atoms with Gasteiger partial charge in [-0.3, -0.25) is 19.2 Å². The Hall–Kier alpha value is -7.24. The molecule has 19 N–H and O–H groups in total. The molecule has 35 heteroatoms. The number of hydrogen-bond donors (Lipinski definition) is 15. The molecule has 1 aliphatic rings. The third-order valence-corrected chi connectivity index (χ3v) is 8.71. The Morgan fingerprint density at radius 2 is 1.00 bits per heavy atom. The number of aliphatic carboxylic acids is 4. The van der Waals surface area contributed by atoms with Crippen molar-refractivity contribution >= 4 is 47.5 Å². The second-order valence-electron chi connectivity index (χ2n) is 14.6. The number of benzene rings is 2. The lowest BCUT2D eigenvalue weighted by molar-refractivity contribution is -0.193. The summed E-state index contributed by atoms with van der Waals surface area (Å²) < 4.78 is 127. The van der Waals surface area contributed by atoms with Crippen LogP contribution in [0, 0.1) is 0 Å². The van der Waals surface area contributed by atoms with Crippen molar-refractivity contribution in [3.63, 3.8) is 0 Å². The average molecular weight is 1100 g/mol. The van der Waals surface area contributed by atoms with E-state index in [9.17, 15) is 87.2 Å². The number of rotatable bonds is 12. The predicted molar refractivity (Wildman–Crippen MR) is 226 cm³/mol. The van der Waals surface area contributed by atoms with Gasteiger partial charge in [0.15, 0.2) is 0 Å². The van der Waals surface area contributed by atoms with Gasteiger partial charge in [-0.15, -0.1) is 0 Å². The normalized spacial score (nSPS) is 16.6. The zero-order valence-electron chi connectivity index (χ0n) is 37.7. The maximum atomic E-state index is 13.5. The van der Waals surface area contributed by atoms with Crippen LogP contribution in [0.5, 0.6) is 11.5 Å². The van der Waals surface area contributed by atoms with Crippen LogP contribution in [0.4, 0.5) is 52.7 Å². The number of carboxylic acid groups (broad SMARTS) is 4. The number of phenolic OH excluding ortho intramolecular Hbond substituents is 2. The Bertz CT molecular complexity index is 2100. The van der Waals surface area contributed by atoms with Gasteiger partial charge in [0.1, 0.15) is 23.6 Å². The molecule has 1 unspecified atom stereocenters. The highest BCUT2D eigenvalue weighted by molar-refractivity contribution is 5.93. The summed E-state index contributed by atoms with van der Waals surface area (Å²) in [6.07, 6.45) is -20.2. The molecular weight excluding hydrogens is 1050 g/mol.